The molecule has 0 atom stereocenters. The van der Waals surface area contributed by atoms with Gasteiger partial charge in [-0.3, -0.25) is 0 Å². The summed E-state index contributed by atoms with van der Waals surface area (Å²) in [7, 11) is 0. The van der Waals surface area contributed by atoms with Crippen LogP contribution in [-0.2, 0) is 6.54 Å². The Kier molecular flexibility index (Phi) is 4.32. The van der Waals surface area contributed by atoms with Gasteiger partial charge in [0.05, 0.1) is 5.69 Å². The average molecular weight is 278 g/mol. The van der Waals surface area contributed by atoms with E-state index >= 15 is 0 Å². The highest BCUT2D eigenvalue weighted by Gasteiger charge is 2.10. The predicted molar refractivity (Wildman–Crippen MR) is 79.0 cm³/mol. The smallest absolute Gasteiger partial charge is 0.126 e. The molecule has 0 bridgehead atoms. The summed E-state index contributed by atoms with van der Waals surface area (Å²) in [6, 6.07) is 5.61. The highest BCUT2D eigenvalue weighted by Crippen LogP contribution is 2.29. The maximum Gasteiger partial charge on any atom is 0.126 e. The lowest BCUT2D eigenvalue weighted by atomic mass is 10.1. The van der Waals surface area contributed by atoms with Crippen molar-refractivity contribution in [3.63, 3.8) is 0 Å². The van der Waals surface area contributed by atoms with Crippen LogP contribution in [0.15, 0.2) is 18.2 Å². The minimum atomic E-state index is -0.168. The van der Waals surface area contributed by atoms with Crippen molar-refractivity contribution < 1.29 is 4.39 Å². The fourth-order valence-electron chi connectivity index (χ4n) is 1.79. The minimum absolute atomic E-state index is 0.168. The second-order valence-corrected chi connectivity index (χ2v) is 6.11. The van der Waals surface area contributed by atoms with E-state index in [1.807, 2.05) is 13.0 Å². The van der Waals surface area contributed by atoms with Crippen molar-refractivity contribution in [2.75, 3.05) is 0 Å². The molecule has 102 valence electrons. The fourth-order valence-corrected chi connectivity index (χ4v) is 2.80. The van der Waals surface area contributed by atoms with Crippen LogP contribution in [0, 0.1) is 19.7 Å². The quantitative estimate of drug-likeness (QED) is 0.912. The molecule has 0 amide bonds. The Balaban J connectivity index is 2.25. The summed E-state index contributed by atoms with van der Waals surface area (Å²) in [5.74, 6) is -0.168. The van der Waals surface area contributed by atoms with Gasteiger partial charge in [0, 0.05) is 23.0 Å². The van der Waals surface area contributed by atoms with Crippen LogP contribution in [0.1, 0.15) is 30.0 Å². The van der Waals surface area contributed by atoms with Gasteiger partial charge in [-0.1, -0.05) is 13.8 Å². The lowest BCUT2D eigenvalue weighted by Crippen LogP contribution is -2.21. The van der Waals surface area contributed by atoms with E-state index < -0.39 is 0 Å². The molecule has 2 aromatic rings. The van der Waals surface area contributed by atoms with E-state index in [1.54, 1.807) is 24.3 Å². The molecule has 0 aliphatic heterocycles. The Morgan fingerprint density at radius 3 is 2.68 bits per heavy atom. The van der Waals surface area contributed by atoms with Gasteiger partial charge in [-0.2, -0.15) is 0 Å². The van der Waals surface area contributed by atoms with Gasteiger partial charge < -0.3 is 5.32 Å². The summed E-state index contributed by atoms with van der Waals surface area (Å²) in [4.78, 5) is 5.83. The molecule has 0 fully saturated rings. The van der Waals surface area contributed by atoms with Gasteiger partial charge in [0.2, 0.25) is 0 Å². The van der Waals surface area contributed by atoms with Crippen LogP contribution in [0.4, 0.5) is 4.39 Å². The van der Waals surface area contributed by atoms with E-state index in [4.69, 9.17) is 0 Å². The van der Waals surface area contributed by atoms with Crippen molar-refractivity contribution >= 4 is 11.3 Å². The van der Waals surface area contributed by atoms with Crippen LogP contribution in [0.5, 0.6) is 0 Å². The third-order valence-electron chi connectivity index (χ3n) is 2.97. The van der Waals surface area contributed by atoms with Gasteiger partial charge in [-0.25, -0.2) is 9.37 Å². The molecule has 4 heteroatoms. The number of hydrogen-bond donors (Lipinski definition) is 1. The Morgan fingerprint density at radius 2 is 2.05 bits per heavy atom. The number of halogens is 1. The lowest BCUT2D eigenvalue weighted by Gasteiger charge is -2.05. The van der Waals surface area contributed by atoms with E-state index in [2.05, 4.69) is 24.1 Å². The molecule has 0 unspecified atom stereocenters. The first-order valence-corrected chi connectivity index (χ1v) is 7.25. The molecule has 2 rings (SSSR count). The van der Waals surface area contributed by atoms with Crippen molar-refractivity contribution in [1.29, 1.82) is 0 Å². The van der Waals surface area contributed by atoms with Crippen molar-refractivity contribution in [3.05, 3.63) is 40.2 Å². The first kappa shape index (κ1) is 14.2. The zero-order chi connectivity index (χ0) is 14.0. The Morgan fingerprint density at radius 1 is 1.32 bits per heavy atom. The molecular weight excluding hydrogens is 259 g/mol. The topological polar surface area (TPSA) is 24.9 Å². The molecular formula is C15H19FN2S. The zero-order valence-corrected chi connectivity index (χ0v) is 12.6. The largest absolute Gasteiger partial charge is 0.310 e. The molecule has 0 aliphatic rings. The van der Waals surface area contributed by atoms with Crippen LogP contribution >= 0.6 is 11.3 Å². The van der Waals surface area contributed by atoms with E-state index in [0.29, 0.717) is 11.6 Å². The minimum Gasteiger partial charge on any atom is -0.310 e. The second-order valence-electron chi connectivity index (χ2n) is 5.03. The van der Waals surface area contributed by atoms with Crippen molar-refractivity contribution in [2.24, 2.45) is 0 Å². The van der Waals surface area contributed by atoms with Gasteiger partial charge in [-0.15, -0.1) is 11.3 Å². The first-order valence-electron chi connectivity index (χ1n) is 6.43. The summed E-state index contributed by atoms with van der Waals surface area (Å²) in [5.41, 5.74) is 2.70. The molecule has 0 spiro atoms. The number of hydrogen-bond acceptors (Lipinski definition) is 3. The van der Waals surface area contributed by atoms with Crippen molar-refractivity contribution in [2.45, 2.75) is 40.3 Å². The van der Waals surface area contributed by atoms with Crippen LogP contribution in [0.25, 0.3) is 10.6 Å². The van der Waals surface area contributed by atoms with Gasteiger partial charge >= 0.3 is 0 Å². The number of rotatable bonds is 4. The van der Waals surface area contributed by atoms with Crippen LogP contribution in [-0.4, -0.2) is 11.0 Å². The molecule has 0 aliphatic carbocycles. The Hall–Kier alpha value is -1.26. The summed E-state index contributed by atoms with van der Waals surface area (Å²) in [6.45, 7) is 8.89. The third kappa shape index (κ3) is 3.39. The van der Waals surface area contributed by atoms with Crippen LogP contribution in [0.2, 0.25) is 0 Å². The van der Waals surface area contributed by atoms with Crippen molar-refractivity contribution in [1.82, 2.24) is 10.3 Å². The molecule has 0 saturated carbocycles. The second kappa shape index (κ2) is 5.80. The summed E-state index contributed by atoms with van der Waals surface area (Å²) in [6.07, 6.45) is 0. The number of nitrogens with one attached hydrogen (secondary N) is 1. The molecule has 0 saturated heterocycles. The molecule has 2 nitrogen and oxygen atoms in total. The number of aromatic nitrogens is 1. The first-order chi connectivity index (χ1) is 8.97. The molecule has 0 radical (unpaired) electrons. The average Bonchev–Trinajstić information content (AvgIpc) is 2.71. The van der Waals surface area contributed by atoms with E-state index in [0.717, 1.165) is 22.8 Å². The normalized spacial score (nSPS) is 11.3. The highest BCUT2D eigenvalue weighted by atomic mass is 32.1. The van der Waals surface area contributed by atoms with E-state index in [1.165, 1.54) is 10.9 Å². The lowest BCUT2D eigenvalue weighted by molar-refractivity contribution is 0.591. The zero-order valence-electron chi connectivity index (χ0n) is 11.7. The molecule has 1 heterocycles. The summed E-state index contributed by atoms with van der Waals surface area (Å²) in [5, 5.41) is 4.36. The molecule has 1 N–H and O–H groups in total. The van der Waals surface area contributed by atoms with Gasteiger partial charge in [0.25, 0.3) is 0 Å². The maximum atomic E-state index is 13.3. The number of benzene rings is 1. The molecule has 1 aromatic heterocycles. The van der Waals surface area contributed by atoms with Gasteiger partial charge in [-0.05, 0) is 37.6 Å². The fraction of sp³-hybridized carbons (Fsp3) is 0.400. The summed E-state index contributed by atoms with van der Waals surface area (Å²) < 4.78 is 13.3. The number of thiazole rings is 1. The SMILES string of the molecule is Cc1cc(-c2nc(C)c(CNC(C)C)s2)ccc1F. The molecule has 19 heavy (non-hydrogen) atoms. The Bertz CT molecular complexity index is 576. The van der Waals surface area contributed by atoms with E-state index in [9.17, 15) is 4.39 Å². The van der Waals surface area contributed by atoms with Gasteiger partial charge in [0.15, 0.2) is 0 Å². The number of nitrogens with zero attached hydrogens (tertiary/aromatic N) is 1. The van der Waals surface area contributed by atoms with Crippen molar-refractivity contribution in [3.8, 4) is 10.6 Å². The van der Waals surface area contributed by atoms with E-state index in [-0.39, 0.29) is 5.82 Å². The monoisotopic (exact) mass is 278 g/mol. The molecule has 1 aromatic carbocycles. The van der Waals surface area contributed by atoms with Crippen LogP contribution in [0.3, 0.4) is 0 Å². The summed E-state index contributed by atoms with van der Waals surface area (Å²) >= 11 is 1.67. The number of aryl methyl sites for hydroxylation is 2. The van der Waals surface area contributed by atoms with Gasteiger partial charge in [0.1, 0.15) is 10.8 Å². The highest BCUT2D eigenvalue weighted by molar-refractivity contribution is 7.15. The maximum absolute atomic E-state index is 13.3. The third-order valence-corrected chi connectivity index (χ3v) is 4.17. The predicted octanol–water partition coefficient (Wildman–Crippen LogP) is 4.06. The standard InChI is InChI=1S/C15H19FN2S/c1-9(2)17-8-14-11(4)18-15(19-14)12-5-6-13(16)10(3)7-12/h5-7,9,17H,8H2,1-4H3. The van der Waals surface area contributed by atoms with Crippen LogP contribution < -0.4 is 5.32 Å². The Labute approximate surface area is 117 Å².